The second-order valence-corrected chi connectivity index (χ2v) is 4.52. The summed E-state index contributed by atoms with van der Waals surface area (Å²) >= 11 is 1.24. The van der Waals surface area contributed by atoms with Gasteiger partial charge in [0.25, 0.3) is 6.43 Å². The maximum Gasteiger partial charge on any atom is 0.255 e. The van der Waals surface area contributed by atoms with Gasteiger partial charge in [-0.1, -0.05) is 0 Å². The van der Waals surface area contributed by atoms with Gasteiger partial charge in [0, 0.05) is 13.1 Å². The summed E-state index contributed by atoms with van der Waals surface area (Å²) in [6.07, 6.45) is -1.07. The average Bonchev–Trinajstić information content (AvgIpc) is 2.70. The summed E-state index contributed by atoms with van der Waals surface area (Å²) in [5, 5.41) is 0.733. The molecule has 0 aliphatic heterocycles. The molecule has 18 heavy (non-hydrogen) atoms. The fourth-order valence-corrected chi connectivity index (χ4v) is 2.49. The number of halogens is 2. The molecule has 0 bridgehead atoms. The summed E-state index contributed by atoms with van der Waals surface area (Å²) in [4.78, 5) is 10.4. The number of fused-ring (bicyclic) bond motifs is 1. The van der Waals surface area contributed by atoms with Gasteiger partial charge in [-0.2, -0.15) is 4.37 Å². The highest BCUT2D eigenvalue weighted by atomic mass is 32.1. The molecule has 0 aromatic carbocycles. The summed E-state index contributed by atoms with van der Waals surface area (Å²) in [5.41, 5.74) is 6.21. The van der Waals surface area contributed by atoms with Crippen LogP contribution in [0.25, 0.3) is 10.2 Å². The Kier molecular flexibility index (Phi) is 3.97. The monoisotopic (exact) mass is 273 g/mol. The van der Waals surface area contributed by atoms with Crippen molar-refractivity contribution in [3.05, 3.63) is 12.0 Å². The lowest BCUT2D eigenvalue weighted by Crippen LogP contribution is -2.34. The summed E-state index contributed by atoms with van der Waals surface area (Å²) in [6.45, 7) is 2.04. The van der Waals surface area contributed by atoms with Crippen molar-refractivity contribution in [2.24, 2.45) is 5.73 Å². The number of aromatic nitrogens is 3. The number of nitrogens with two attached hydrogens (primary N) is 1. The molecule has 0 saturated carbocycles. The van der Waals surface area contributed by atoms with Crippen molar-refractivity contribution in [2.75, 3.05) is 24.5 Å². The van der Waals surface area contributed by atoms with Crippen molar-refractivity contribution in [1.29, 1.82) is 0 Å². The van der Waals surface area contributed by atoms with E-state index in [4.69, 9.17) is 5.73 Å². The molecular weight excluding hydrogens is 260 g/mol. The van der Waals surface area contributed by atoms with E-state index < -0.39 is 13.0 Å². The predicted octanol–water partition coefficient (Wildman–Crippen LogP) is 1.42. The predicted molar refractivity (Wildman–Crippen MR) is 67.2 cm³/mol. The van der Waals surface area contributed by atoms with Crippen LogP contribution in [0.1, 0.15) is 5.69 Å². The van der Waals surface area contributed by atoms with E-state index in [0.717, 1.165) is 11.1 Å². The third-order valence-corrected chi connectivity index (χ3v) is 3.33. The van der Waals surface area contributed by atoms with E-state index in [9.17, 15) is 8.78 Å². The maximum absolute atomic E-state index is 12.6. The zero-order valence-electron chi connectivity index (χ0n) is 9.81. The lowest BCUT2D eigenvalue weighted by molar-refractivity contribution is 0.155. The van der Waals surface area contributed by atoms with Gasteiger partial charge in [0.2, 0.25) is 0 Å². The topological polar surface area (TPSA) is 67.9 Å². The molecule has 0 aliphatic carbocycles. The first-order valence-electron chi connectivity index (χ1n) is 5.43. The van der Waals surface area contributed by atoms with Crippen molar-refractivity contribution in [1.82, 2.24) is 14.3 Å². The summed E-state index contributed by atoms with van der Waals surface area (Å²) < 4.78 is 29.3. The average molecular weight is 273 g/mol. The molecule has 0 fully saturated rings. The van der Waals surface area contributed by atoms with Crippen molar-refractivity contribution >= 4 is 27.6 Å². The molecule has 0 saturated heterocycles. The lowest BCUT2D eigenvalue weighted by atomic mass is 10.3. The number of hydrogen-bond acceptors (Lipinski definition) is 6. The Balaban J connectivity index is 2.45. The van der Waals surface area contributed by atoms with Crippen molar-refractivity contribution < 1.29 is 8.78 Å². The number of alkyl halides is 2. The molecule has 2 aromatic heterocycles. The number of rotatable bonds is 5. The third kappa shape index (κ3) is 2.54. The molecule has 0 aliphatic rings. The van der Waals surface area contributed by atoms with Crippen molar-refractivity contribution in [3.63, 3.8) is 0 Å². The molecule has 0 unspecified atom stereocenters. The SMILES string of the molecule is Cc1nsc2ncnc(N(CCN)CC(F)F)c12. The Morgan fingerprint density at radius 2 is 2.22 bits per heavy atom. The first-order chi connectivity index (χ1) is 8.63. The fourth-order valence-electron chi connectivity index (χ4n) is 1.75. The smallest absolute Gasteiger partial charge is 0.255 e. The van der Waals surface area contributed by atoms with Crippen LogP contribution in [-0.2, 0) is 0 Å². The van der Waals surface area contributed by atoms with Crippen LogP contribution in [0.15, 0.2) is 6.33 Å². The van der Waals surface area contributed by atoms with E-state index in [1.807, 2.05) is 6.92 Å². The molecule has 2 aromatic rings. The van der Waals surface area contributed by atoms with Crippen LogP contribution >= 0.6 is 11.5 Å². The molecule has 2 heterocycles. The largest absolute Gasteiger partial charge is 0.349 e. The summed E-state index contributed by atoms with van der Waals surface area (Å²) in [6, 6.07) is 0. The van der Waals surface area contributed by atoms with Crippen LogP contribution in [0.5, 0.6) is 0 Å². The highest BCUT2D eigenvalue weighted by Crippen LogP contribution is 2.28. The number of hydrogen-bond donors (Lipinski definition) is 1. The molecule has 0 atom stereocenters. The van der Waals surface area contributed by atoms with Gasteiger partial charge < -0.3 is 10.6 Å². The molecular formula is C10H13F2N5S. The van der Waals surface area contributed by atoms with Gasteiger partial charge in [-0.3, -0.25) is 0 Å². The van der Waals surface area contributed by atoms with Gasteiger partial charge in [0.1, 0.15) is 17.0 Å². The first-order valence-corrected chi connectivity index (χ1v) is 6.21. The van der Waals surface area contributed by atoms with Crippen molar-refractivity contribution in [2.45, 2.75) is 13.3 Å². The van der Waals surface area contributed by atoms with E-state index in [2.05, 4.69) is 14.3 Å². The first kappa shape index (κ1) is 13.0. The standard InChI is InChI=1S/C10H13F2N5S/c1-6-8-9(14-5-15-10(8)18-16-6)17(3-2-13)4-7(11)12/h5,7H,2-4,13H2,1H3. The van der Waals surface area contributed by atoms with Crippen molar-refractivity contribution in [3.8, 4) is 0 Å². The van der Waals surface area contributed by atoms with Crippen LogP contribution < -0.4 is 10.6 Å². The Bertz CT molecular complexity index is 530. The minimum atomic E-state index is -2.44. The molecule has 5 nitrogen and oxygen atoms in total. The third-order valence-electron chi connectivity index (χ3n) is 2.48. The van der Waals surface area contributed by atoms with E-state index in [1.54, 1.807) is 0 Å². The Morgan fingerprint density at radius 3 is 2.89 bits per heavy atom. The number of anilines is 1. The van der Waals surface area contributed by atoms with Gasteiger partial charge in [0.05, 0.1) is 17.6 Å². The van der Waals surface area contributed by atoms with E-state index in [1.165, 1.54) is 22.8 Å². The van der Waals surface area contributed by atoms with Crippen LogP contribution in [0, 0.1) is 6.92 Å². The Hall–Kier alpha value is -1.41. The molecule has 2 rings (SSSR count). The van der Waals surface area contributed by atoms with Crippen LogP contribution in [0.4, 0.5) is 14.6 Å². The minimum absolute atomic E-state index is 0.287. The van der Waals surface area contributed by atoms with Gasteiger partial charge in [-0.05, 0) is 18.5 Å². The fraction of sp³-hybridized carbons (Fsp3) is 0.500. The molecule has 0 radical (unpaired) electrons. The maximum atomic E-state index is 12.6. The highest BCUT2D eigenvalue weighted by Gasteiger charge is 2.18. The highest BCUT2D eigenvalue weighted by molar-refractivity contribution is 7.13. The summed E-state index contributed by atoms with van der Waals surface area (Å²) in [5.74, 6) is 0.483. The Morgan fingerprint density at radius 1 is 1.44 bits per heavy atom. The van der Waals surface area contributed by atoms with E-state index in [0.29, 0.717) is 17.2 Å². The van der Waals surface area contributed by atoms with Gasteiger partial charge in [-0.15, -0.1) is 0 Å². The lowest BCUT2D eigenvalue weighted by Gasteiger charge is -2.23. The molecule has 0 amide bonds. The van der Waals surface area contributed by atoms with Gasteiger partial charge >= 0.3 is 0 Å². The molecule has 0 spiro atoms. The van der Waals surface area contributed by atoms with E-state index >= 15 is 0 Å². The number of nitrogens with zero attached hydrogens (tertiary/aromatic N) is 4. The zero-order valence-corrected chi connectivity index (χ0v) is 10.6. The molecule has 8 heteroatoms. The van der Waals surface area contributed by atoms with Crippen LogP contribution in [-0.4, -0.2) is 40.4 Å². The van der Waals surface area contributed by atoms with Crippen LogP contribution in [0.3, 0.4) is 0 Å². The molecule has 2 N–H and O–H groups in total. The Labute approximate surface area is 107 Å². The second kappa shape index (κ2) is 5.49. The van der Waals surface area contributed by atoms with Crippen LogP contribution in [0.2, 0.25) is 0 Å². The van der Waals surface area contributed by atoms with Gasteiger partial charge in [0.15, 0.2) is 0 Å². The summed E-state index contributed by atoms with van der Waals surface area (Å²) in [7, 11) is 0. The number of aryl methyl sites for hydroxylation is 1. The van der Waals surface area contributed by atoms with E-state index in [-0.39, 0.29) is 6.54 Å². The molecule has 98 valence electrons. The zero-order chi connectivity index (χ0) is 13.1. The second-order valence-electron chi connectivity index (χ2n) is 3.77. The quantitative estimate of drug-likeness (QED) is 0.892. The normalized spacial score (nSPS) is 11.4. The van der Waals surface area contributed by atoms with Gasteiger partial charge in [-0.25, -0.2) is 18.7 Å². The minimum Gasteiger partial charge on any atom is -0.349 e.